The van der Waals surface area contributed by atoms with E-state index in [9.17, 15) is 0 Å². The van der Waals surface area contributed by atoms with Crippen molar-refractivity contribution in [1.82, 2.24) is 4.90 Å². The summed E-state index contributed by atoms with van der Waals surface area (Å²) in [6.45, 7) is 9.22. The molecule has 0 N–H and O–H groups in total. The van der Waals surface area contributed by atoms with Gasteiger partial charge in [-0.1, -0.05) is 46.2 Å². The topological polar surface area (TPSA) is 15.6 Å². The molecule has 0 fully saturated rings. The van der Waals surface area contributed by atoms with Crippen LogP contribution in [0.5, 0.6) is 0 Å². The molecule has 0 aliphatic heterocycles. The lowest BCUT2D eigenvalue weighted by molar-refractivity contribution is 0.552. The van der Waals surface area contributed by atoms with Crippen molar-refractivity contribution in [3.05, 3.63) is 69.2 Å². The van der Waals surface area contributed by atoms with Crippen LogP contribution in [0.15, 0.2) is 52.4 Å². The van der Waals surface area contributed by atoms with E-state index in [-0.39, 0.29) is 0 Å². The van der Waals surface area contributed by atoms with Crippen molar-refractivity contribution < 1.29 is 0 Å². The largest absolute Gasteiger partial charge is 0.366 e. The molecule has 2 aromatic rings. The average Bonchev–Trinajstić information content (AvgIpc) is 2.55. The maximum absolute atomic E-state index is 6.47. The summed E-state index contributed by atoms with van der Waals surface area (Å²) in [5.41, 5.74) is 4.85. The molecule has 0 aromatic heterocycles. The standard InChI is InChI=1S/C19H20BrClN2/c1-5-23(4)12-22-19-11-18(21)17(10-13(19)2)14(3)15-6-8-16(20)9-7-15/h6-12H,3,5H2,1-2,4H3/b22-12-. The molecular weight excluding hydrogens is 372 g/mol. The van der Waals surface area contributed by atoms with Crippen molar-refractivity contribution >= 4 is 45.1 Å². The zero-order valence-corrected chi connectivity index (χ0v) is 15.9. The molecule has 2 rings (SSSR count). The zero-order valence-electron chi connectivity index (χ0n) is 13.6. The number of aryl methyl sites for hydroxylation is 1. The van der Waals surface area contributed by atoms with Gasteiger partial charge in [-0.25, -0.2) is 4.99 Å². The van der Waals surface area contributed by atoms with Gasteiger partial charge in [0.25, 0.3) is 0 Å². The Balaban J connectivity index is 2.34. The third kappa shape index (κ3) is 4.46. The van der Waals surface area contributed by atoms with E-state index in [1.54, 1.807) is 0 Å². The van der Waals surface area contributed by atoms with Gasteiger partial charge in [0.2, 0.25) is 0 Å². The molecule has 0 saturated carbocycles. The molecule has 0 bridgehead atoms. The maximum atomic E-state index is 6.47. The third-order valence-electron chi connectivity index (χ3n) is 3.70. The first kappa shape index (κ1) is 17.8. The summed E-state index contributed by atoms with van der Waals surface area (Å²) in [7, 11) is 1.99. The van der Waals surface area contributed by atoms with E-state index in [1.165, 1.54) is 0 Å². The predicted octanol–water partition coefficient (Wildman–Crippen LogP) is 6.08. The minimum Gasteiger partial charge on any atom is -0.366 e. The molecule has 0 saturated heterocycles. The summed E-state index contributed by atoms with van der Waals surface area (Å²) in [6.07, 6.45) is 1.82. The van der Waals surface area contributed by atoms with Gasteiger partial charge in [-0.15, -0.1) is 0 Å². The normalized spacial score (nSPS) is 11.0. The molecule has 23 heavy (non-hydrogen) atoms. The lowest BCUT2D eigenvalue weighted by atomic mass is 9.97. The summed E-state index contributed by atoms with van der Waals surface area (Å²) in [6, 6.07) is 12.0. The lowest BCUT2D eigenvalue weighted by Gasteiger charge is -2.13. The second-order valence-corrected chi connectivity index (χ2v) is 6.74. The van der Waals surface area contributed by atoms with Gasteiger partial charge in [-0.2, -0.15) is 0 Å². The van der Waals surface area contributed by atoms with E-state index in [2.05, 4.69) is 34.4 Å². The first-order valence-electron chi connectivity index (χ1n) is 7.42. The van der Waals surface area contributed by atoms with Crippen molar-refractivity contribution in [2.24, 2.45) is 4.99 Å². The molecule has 0 atom stereocenters. The highest BCUT2D eigenvalue weighted by atomic mass is 79.9. The molecule has 120 valence electrons. The van der Waals surface area contributed by atoms with Crippen LogP contribution in [-0.2, 0) is 0 Å². The Morgan fingerprint density at radius 2 is 1.96 bits per heavy atom. The minimum atomic E-state index is 0.662. The molecule has 0 radical (unpaired) electrons. The van der Waals surface area contributed by atoms with Crippen LogP contribution in [-0.4, -0.2) is 24.8 Å². The molecule has 0 heterocycles. The summed E-state index contributed by atoms with van der Waals surface area (Å²) < 4.78 is 1.04. The van der Waals surface area contributed by atoms with Gasteiger partial charge in [0.05, 0.1) is 17.0 Å². The van der Waals surface area contributed by atoms with Gasteiger partial charge in [0.15, 0.2) is 0 Å². The minimum absolute atomic E-state index is 0.662. The fraction of sp³-hybridized carbons (Fsp3) is 0.211. The maximum Gasteiger partial charge on any atom is 0.0909 e. The zero-order chi connectivity index (χ0) is 17.0. The van der Waals surface area contributed by atoms with E-state index in [1.807, 2.05) is 61.6 Å². The third-order valence-corrected chi connectivity index (χ3v) is 4.54. The first-order chi connectivity index (χ1) is 10.9. The van der Waals surface area contributed by atoms with E-state index in [0.717, 1.165) is 39.0 Å². The van der Waals surface area contributed by atoms with Gasteiger partial charge < -0.3 is 4.90 Å². The summed E-state index contributed by atoms with van der Waals surface area (Å²) in [4.78, 5) is 6.52. The molecule has 0 spiro atoms. The van der Waals surface area contributed by atoms with Crippen LogP contribution in [0, 0.1) is 6.92 Å². The van der Waals surface area contributed by atoms with Crippen molar-refractivity contribution in [3.63, 3.8) is 0 Å². The molecular formula is C19H20BrClN2. The number of benzene rings is 2. The number of rotatable bonds is 5. The second-order valence-electron chi connectivity index (χ2n) is 5.42. The molecule has 0 aliphatic rings. The van der Waals surface area contributed by atoms with Crippen LogP contribution in [0.1, 0.15) is 23.6 Å². The average molecular weight is 392 g/mol. The molecule has 2 aromatic carbocycles. The predicted molar refractivity (Wildman–Crippen MR) is 105 cm³/mol. The smallest absolute Gasteiger partial charge is 0.0909 e. The van der Waals surface area contributed by atoms with Crippen molar-refractivity contribution in [1.29, 1.82) is 0 Å². The Bertz CT molecular complexity index is 736. The highest BCUT2D eigenvalue weighted by Gasteiger charge is 2.10. The van der Waals surface area contributed by atoms with Crippen LogP contribution < -0.4 is 0 Å². The second kappa shape index (κ2) is 7.80. The molecule has 0 amide bonds. The fourth-order valence-electron chi connectivity index (χ4n) is 2.09. The number of hydrogen-bond donors (Lipinski definition) is 0. The number of hydrogen-bond acceptors (Lipinski definition) is 1. The lowest BCUT2D eigenvalue weighted by Crippen LogP contribution is -2.14. The molecule has 4 heteroatoms. The van der Waals surface area contributed by atoms with Gasteiger partial charge in [0.1, 0.15) is 0 Å². The van der Waals surface area contributed by atoms with E-state index < -0.39 is 0 Å². The Morgan fingerprint density at radius 3 is 2.57 bits per heavy atom. The van der Waals surface area contributed by atoms with Crippen LogP contribution in [0.25, 0.3) is 5.57 Å². The highest BCUT2D eigenvalue weighted by Crippen LogP contribution is 2.33. The number of nitrogens with zero attached hydrogens (tertiary/aromatic N) is 2. The van der Waals surface area contributed by atoms with E-state index >= 15 is 0 Å². The SMILES string of the molecule is C=C(c1ccc(Br)cc1)c1cc(C)c(/N=C\N(C)CC)cc1Cl. The van der Waals surface area contributed by atoms with Crippen LogP contribution in [0.4, 0.5) is 5.69 Å². The van der Waals surface area contributed by atoms with Gasteiger partial charge >= 0.3 is 0 Å². The Labute approximate surface area is 151 Å². The monoisotopic (exact) mass is 390 g/mol. The summed E-state index contributed by atoms with van der Waals surface area (Å²) >= 11 is 9.91. The first-order valence-corrected chi connectivity index (χ1v) is 8.59. The molecule has 2 nitrogen and oxygen atoms in total. The Kier molecular flexibility index (Phi) is 6.03. The number of aliphatic imine (C=N–C) groups is 1. The van der Waals surface area contributed by atoms with Gasteiger partial charge in [-0.3, -0.25) is 0 Å². The van der Waals surface area contributed by atoms with Crippen LogP contribution in [0.3, 0.4) is 0 Å². The highest BCUT2D eigenvalue weighted by molar-refractivity contribution is 9.10. The number of halogens is 2. The van der Waals surface area contributed by atoms with Crippen molar-refractivity contribution in [3.8, 4) is 0 Å². The van der Waals surface area contributed by atoms with Crippen LogP contribution >= 0.6 is 27.5 Å². The summed E-state index contributed by atoms with van der Waals surface area (Å²) in [5.74, 6) is 0. The Hall–Kier alpha value is -1.58. The van der Waals surface area contributed by atoms with Gasteiger partial charge in [-0.05, 0) is 54.8 Å². The molecule has 0 aliphatic carbocycles. The molecule has 0 unspecified atom stereocenters. The van der Waals surface area contributed by atoms with E-state index in [4.69, 9.17) is 11.6 Å². The quantitative estimate of drug-likeness (QED) is 0.445. The van der Waals surface area contributed by atoms with Gasteiger partial charge in [0, 0.05) is 23.6 Å². The fourth-order valence-corrected chi connectivity index (χ4v) is 2.63. The Morgan fingerprint density at radius 1 is 1.30 bits per heavy atom. The van der Waals surface area contributed by atoms with E-state index in [0.29, 0.717) is 5.02 Å². The van der Waals surface area contributed by atoms with Crippen LogP contribution in [0.2, 0.25) is 5.02 Å². The van der Waals surface area contributed by atoms with Crippen molar-refractivity contribution in [2.45, 2.75) is 13.8 Å². The van der Waals surface area contributed by atoms with Crippen molar-refractivity contribution in [2.75, 3.05) is 13.6 Å². The summed E-state index contributed by atoms with van der Waals surface area (Å²) in [5, 5.41) is 0.662.